The molecule has 3 rings (SSSR count). The molecule has 1 N–H and O–H groups in total. The number of thiocarbonyl (C=S) groups is 1. The Morgan fingerprint density at radius 2 is 1.75 bits per heavy atom. The summed E-state index contributed by atoms with van der Waals surface area (Å²) in [6.07, 6.45) is 1.42. The zero-order valence-corrected chi connectivity index (χ0v) is 13.6. The van der Waals surface area contributed by atoms with Crippen molar-refractivity contribution in [3.8, 4) is 0 Å². The number of halogens is 1. The van der Waals surface area contributed by atoms with Crippen LogP contribution >= 0.6 is 12.2 Å². The van der Waals surface area contributed by atoms with Crippen LogP contribution in [0.4, 0.5) is 10.1 Å². The zero-order chi connectivity index (χ0) is 17.3. The third kappa shape index (κ3) is 2.96. The number of nitrogens with zero attached hydrogens (tertiary/aromatic N) is 1. The first-order chi connectivity index (χ1) is 11.5. The van der Waals surface area contributed by atoms with E-state index in [0.717, 1.165) is 5.56 Å². The van der Waals surface area contributed by atoms with Crippen molar-refractivity contribution in [3.63, 3.8) is 0 Å². The van der Waals surface area contributed by atoms with Gasteiger partial charge in [-0.05, 0) is 54.5 Å². The van der Waals surface area contributed by atoms with Gasteiger partial charge in [0.2, 0.25) is 0 Å². The number of para-hydroxylation sites is 1. The molecule has 1 heterocycles. The highest BCUT2D eigenvalue weighted by atomic mass is 32.1. The largest absolute Gasteiger partial charge is 0.298 e. The average Bonchev–Trinajstić information content (AvgIpc) is 2.55. The van der Waals surface area contributed by atoms with Gasteiger partial charge in [-0.3, -0.25) is 19.8 Å². The van der Waals surface area contributed by atoms with E-state index < -0.39 is 11.8 Å². The Morgan fingerprint density at radius 3 is 2.42 bits per heavy atom. The normalized spacial score (nSPS) is 16.5. The summed E-state index contributed by atoms with van der Waals surface area (Å²) in [4.78, 5) is 26.3. The van der Waals surface area contributed by atoms with Crippen LogP contribution in [0.15, 0.2) is 54.1 Å². The molecule has 0 radical (unpaired) electrons. The van der Waals surface area contributed by atoms with Crippen molar-refractivity contribution in [2.45, 2.75) is 6.92 Å². The first kappa shape index (κ1) is 16.0. The molecule has 0 aliphatic carbocycles. The van der Waals surface area contributed by atoms with Gasteiger partial charge in [0.1, 0.15) is 11.4 Å². The van der Waals surface area contributed by atoms with Crippen LogP contribution in [0.3, 0.4) is 0 Å². The van der Waals surface area contributed by atoms with Crippen molar-refractivity contribution < 1.29 is 14.0 Å². The standard InChI is InChI=1S/C18H13FN2O2S/c1-11-4-2-3-5-15(11)21-17(23)14(16(22)20-18(21)24)10-12-6-8-13(19)9-7-12/h2-10H,1H3,(H,20,22,24)/b14-10+. The van der Waals surface area contributed by atoms with Gasteiger partial charge in [-0.15, -0.1) is 0 Å². The molecule has 120 valence electrons. The molecule has 0 aromatic heterocycles. The first-order valence-corrected chi connectivity index (χ1v) is 7.61. The Balaban J connectivity index is 2.03. The van der Waals surface area contributed by atoms with Gasteiger partial charge in [0.05, 0.1) is 5.69 Å². The predicted molar refractivity (Wildman–Crippen MR) is 93.8 cm³/mol. The number of anilines is 1. The maximum Gasteiger partial charge on any atom is 0.270 e. The number of aryl methyl sites for hydroxylation is 1. The minimum Gasteiger partial charge on any atom is -0.298 e. The van der Waals surface area contributed by atoms with Gasteiger partial charge in [-0.25, -0.2) is 4.39 Å². The highest BCUT2D eigenvalue weighted by molar-refractivity contribution is 7.80. The molecule has 1 saturated heterocycles. The van der Waals surface area contributed by atoms with Gasteiger partial charge >= 0.3 is 0 Å². The van der Waals surface area contributed by atoms with Crippen molar-refractivity contribution in [1.82, 2.24) is 5.32 Å². The van der Waals surface area contributed by atoms with E-state index in [0.29, 0.717) is 11.3 Å². The molecule has 2 aromatic rings. The Kier molecular flexibility index (Phi) is 4.22. The second-order valence-electron chi connectivity index (χ2n) is 5.30. The molecular formula is C18H13FN2O2S. The fourth-order valence-electron chi connectivity index (χ4n) is 2.42. The number of hydrogen-bond acceptors (Lipinski definition) is 3. The van der Waals surface area contributed by atoms with Crippen LogP contribution < -0.4 is 10.2 Å². The lowest BCUT2D eigenvalue weighted by atomic mass is 10.1. The molecule has 0 unspecified atom stereocenters. The van der Waals surface area contributed by atoms with Gasteiger partial charge in [-0.1, -0.05) is 30.3 Å². The lowest BCUT2D eigenvalue weighted by Crippen LogP contribution is -2.54. The molecule has 24 heavy (non-hydrogen) atoms. The van der Waals surface area contributed by atoms with Crippen molar-refractivity contribution in [1.29, 1.82) is 0 Å². The van der Waals surface area contributed by atoms with Crippen molar-refractivity contribution in [2.75, 3.05) is 4.90 Å². The van der Waals surface area contributed by atoms with Crippen LogP contribution in [0, 0.1) is 12.7 Å². The first-order valence-electron chi connectivity index (χ1n) is 7.20. The third-order valence-corrected chi connectivity index (χ3v) is 3.92. The number of carbonyl (C=O) groups is 2. The van der Waals surface area contributed by atoms with E-state index in [4.69, 9.17) is 12.2 Å². The van der Waals surface area contributed by atoms with Gasteiger partial charge in [0.15, 0.2) is 5.11 Å². The van der Waals surface area contributed by atoms with E-state index in [9.17, 15) is 14.0 Å². The van der Waals surface area contributed by atoms with E-state index >= 15 is 0 Å². The van der Waals surface area contributed by atoms with Crippen LogP contribution in [-0.2, 0) is 9.59 Å². The second-order valence-corrected chi connectivity index (χ2v) is 5.68. The molecule has 4 nitrogen and oxygen atoms in total. The fraction of sp³-hybridized carbons (Fsp3) is 0.0556. The number of rotatable bonds is 2. The minimum absolute atomic E-state index is 0.0376. The van der Waals surface area contributed by atoms with Crippen LogP contribution in [0.2, 0.25) is 0 Å². The Hall–Kier alpha value is -2.86. The summed E-state index contributed by atoms with van der Waals surface area (Å²) in [5, 5.41) is 2.56. The van der Waals surface area contributed by atoms with Gasteiger partial charge in [-0.2, -0.15) is 0 Å². The molecule has 0 atom stereocenters. The van der Waals surface area contributed by atoms with Crippen LogP contribution in [0.5, 0.6) is 0 Å². The van der Waals surface area contributed by atoms with Crippen LogP contribution in [-0.4, -0.2) is 16.9 Å². The summed E-state index contributed by atoms with van der Waals surface area (Å²) in [6, 6.07) is 12.8. The minimum atomic E-state index is -0.570. The molecule has 2 aromatic carbocycles. The molecule has 1 aliphatic rings. The summed E-state index contributed by atoms with van der Waals surface area (Å²) < 4.78 is 13.0. The fourth-order valence-corrected chi connectivity index (χ4v) is 2.69. The Morgan fingerprint density at radius 1 is 1.08 bits per heavy atom. The van der Waals surface area contributed by atoms with Gasteiger partial charge in [0, 0.05) is 0 Å². The molecule has 1 aliphatic heterocycles. The molecule has 0 saturated carbocycles. The van der Waals surface area contributed by atoms with E-state index in [-0.39, 0.29) is 16.5 Å². The van der Waals surface area contributed by atoms with Crippen LogP contribution in [0.25, 0.3) is 6.08 Å². The number of amides is 2. The van der Waals surface area contributed by atoms with Crippen molar-refractivity contribution in [3.05, 3.63) is 71.0 Å². The molecule has 0 bridgehead atoms. The van der Waals surface area contributed by atoms with Gasteiger partial charge < -0.3 is 0 Å². The van der Waals surface area contributed by atoms with E-state index in [1.807, 2.05) is 19.1 Å². The zero-order valence-electron chi connectivity index (χ0n) is 12.7. The highest BCUT2D eigenvalue weighted by Crippen LogP contribution is 2.25. The Labute approximate surface area is 143 Å². The van der Waals surface area contributed by atoms with Crippen molar-refractivity contribution in [2.24, 2.45) is 0 Å². The maximum absolute atomic E-state index is 13.0. The molecule has 0 spiro atoms. The summed E-state index contributed by atoms with van der Waals surface area (Å²) in [5.41, 5.74) is 1.95. The summed E-state index contributed by atoms with van der Waals surface area (Å²) in [5.74, 6) is -1.47. The average molecular weight is 340 g/mol. The second kappa shape index (κ2) is 6.33. The SMILES string of the molecule is Cc1ccccc1N1C(=O)/C(=C/c2ccc(F)cc2)C(=O)NC1=S. The predicted octanol–water partition coefficient (Wildman–Crippen LogP) is 2.97. The highest BCUT2D eigenvalue weighted by Gasteiger charge is 2.34. The molecule has 2 amide bonds. The summed E-state index contributed by atoms with van der Waals surface area (Å²) >= 11 is 5.15. The topological polar surface area (TPSA) is 49.4 Å². The third-order valence-electron chi connectivity index (χ3n) is 3.64. The van der Waals surface area contributed by atoms with Gasteiger partial charge in [0.25, 0.3) is 11.8 Å². The van der Waals surface area contributed by atoms with E-state index in [1.54, 1.807) is 12.1 Å². The van der Waals surface area contributed by atoms with Crippen molar-refractivity contribution >= 4 is 40.9 Å². The molecular weight excluding hydrogens is 327 g/mol. The van der Waals surface area contributed by atoms with Crippen LogP contribution in [0.1, 0.15) is 11.1 Å². The summed E-state index contributed by atoms with van der Waals surface area (Å²) in [7, 11) is 0. The Bertz CT molecular complexity index is 875. The summed E-state index contributed by atoms with van der Waals surface area (Å²) in [6.45, 7) is 1.85. The molecule has 6 heteroatoms. The maximum atomic E-state index is 13.0. The number of nitrogens with one attached hydrogen (secondary N) is 1. The lowest BCUT2D eigenvalue weighted by molar-refractivity contribution is -0.122. The smallest absolute Gasteiger partial charge is 0.270 e. The molecule has 1 fully saturated rings. The number of benzene rings is 2. The van der Waals surface area contributed by atoms with E-state index in [2.05, 4.69) is 5.32 Å². The quantitative estimate of drug-likeness (QED) is 0.519. The van der Waals surface area contributed by atoms with E-state index in [1.165, 1.54) is 35.2 Å². The lowest BCUT2D eigenvalue weighted by Gasteiger charge is -2.29. The number of carbonyl (C=O) groups excluding carboxylic acids is 2. The monoisotopic (exact) mass is 340 g/mol. The number of hydrogen-bond donors (Lipinski definition) is 1.